The second kappa shape index (κ2) is 6.48. The van der Waals surface area contributed by atoms with E-state index in [0.717, 1.165) is 22.4 Å². The number of urea groups is 1. The smallest absolute Gasteiger partial charge is 0.322 e. The number of carbonyl (C=O) groups is 1. The van der Waals surface area contributed by atoms with Crippen LogP contribution in [-0.2, 0) is 6.54 Å². The lowest BCUT2D eigenvalue weighted by Crippen LogP contribution is -2.37. The van der Waals surface area contributed by atoms with Gasteiger partial charge < -0.3 is 5.32 Å². The Morgan fingerprint density at radius 1 is 1.35 bits per heavy atom. The molecule has 4 nitrogen and oxygen atoms in total. The van der Waals surface area contributed by atoms with Crippen molar-refractivity contribution in [3.8, 4) is 0 Å². The first kappa shape index (κ1) is 15.0. The summed E-state index contributed by atoms with van der Waals surface area (Å²) < 4.78 is 0. The van der Waals surface area contributed by atoms with Crippen molar-refractivity contribution in [1.29, 1.82) is 0 Å². The lowest BCUT2D eigenvalue weighted by molar-refractivity contribution is 0.221. The molecule has 0 unspecified atom stereocenters. The summed E-state index contributed by atoms with van der Waals surface area (Å²) in [7, 11) is 0. The van der Waals surface area contributed by atoms with Gasteiger partial charge in [-0.15, -0.1) is 0 Å². The normalized spacial score (nSPS) is 13.9. The van der Waals surface area contributed by atoms with E-state index in [4.69, 9.17) is 0 Å². The summed E-state index contributed by atoms with van der Waals surface area (Å²) in [5.74, 6) is 0. The minimum atomic E-state index is -0.125. The fourth-order valence-electron chi connectivity index (χ4n) is 2.64. The van der Waals surface area contributed by atoms with Crippen LogP contribution >= 0.6 is 0 Å². The van der Waals surface area contributed by atoms with E-state index in [1.165, 1.54) is 5.56 Å². The molecule has 1 N–H and O–H groups in total. The Kier molecular flexibility index (Phi) is 4.24. The molecule has 0 fully saturated rings. The van der Waals surface area contributed by atoms with Crippen LogP contribution in [0.3, 0.4) is 0 Å². The quantitative estimate of drug-likeness (QED) is 0.943. The van der Waals surface area contributed by atoms with Crippen molar-refractivity contribution in [3.05, 3.63) is 83.7 Å². The van der Waals surface area contributed by atoms with Crippen molar-refractivity contribution in [2.75, 3.05) is 6.54 Å². The van der Waals surface area contributed by atoms with Gasteiger partial charge in [0.2, 0.25) is 0 Å². The second-order valence-electron chi connectivity index (χ2n) is 5.66. The van der Waals surface area contributed by atoms with E-state index >= 15 is 0 Å². The van der Waals surface area contributed by atoms with Crippen LogP contribution in [0.4, 0.5) is 4.79 Å². The molecule has 2 heterocycles. The highest BCUT2D eigenvalue weighted by molar-refractivity contribution is 5.88. The maximum Gasteiger partial charge on any atom is 0.322 e. The largest absolute Gasteiger partial charge is 0.334 e. The van der Waals surface area contributed by atoms with Gasteiger partial charge in [0.15, 0.2) is 0 Å². The first-order chi connectivity index (χ1) is 11.1. The highest BCUT2D eigenvalue weighted by atomic mass is 16.2. The molecule has 23 heavy (non-hydrogen) atoms. The van der Waals surface area contributed by atoms with Gasteiger partial charge in [0.25, 0.3) is 0 Å². The molecule has 0 atom stereocenters. The molecule has 3 rings (SSSR count). The number of nitrogens with zero attached hydrogens (tertiary/aromatic N) is 2. The molecular formula is C19H19N3O. The number of aromatic nitrogens is 1. The molecule has 0 saturated heterocycles. The summed E-state index contributed by atoms with van der Waals surface area (Å²) in [6.07, 6.45) is 5.41. The number of benzene rings is 1. The fraction of sp³-hybridized carbons (Fsp3) is 0.158. The topological polar surface area (TPSA) is 45.2 Å². The number of hydrogen-bond donors (Lipinski definition) is 1. The Hall–Kier alpha value is -2.88. The van der Waals surface area contributed by atoms with Gasteiger partial charge >= 0.3 is 6.03 Å². The monoisotopic (exact) mass is 305 g/mol. The van der Waals surface area contributed by atoms with E-state index in [2.05, 4.69) is 22.9 Å². The van der Waals surface area contributed by atoms with Crippen LogP contribution in [0.1, 0.15) is 16.7 Å². The average Bonchev–Trinajstić information content (AvgIpc) is 2.95. The predicted octanol–water partition coefficient (Wildman–Crippen LogP) is 3.51. The van der Waals surface area contributed by atoms with Crippen LogP contribution < -0.4 is 5.32 Å². The van der Waals surface area contributed by atoms with Gasteiger partial charge in [-0.25, -0.2) is 4.79 Å². The van der Waals surface area contributed by atoms with Crippen LogP contribution in [0.2, 0.25) is 0 Å². The zero-order chi connectivity index (χ0) is 16.2. The summed E-state index contributed by atoms with van der Waals surface area (Å²) in [5.41, 5.74) is 4.93. The van der Waals surface area contributed by atoms with Gasteiger partial charge in [-0.3, -0.25) is 9.88 Å². The van der Waals surface area contributed by atoms with Crippen LogP contribution in [0.5, 0.6) is 0 Å². The zero-order valence-corrected chi connectivity index (χ0v) is 13.1. The molecule has 116 valence electrons. The SMILES string of the molecule is C=C1C=C(c2cccnc2)N(C(=O)NCc2cccc(C)c2)C1. The lowest BCUT2D eigenvalue weighted by atomic mass is 10.1. The first-order valence-electron chi connectivity index (χ1n) is 7.54. The van der Waals surface area contributed by atoms with E-state index in [-0.39, 0.29) is 6.03 Å². The Balaban J connectivity index is 1.71. The summed E-state index contributed by atoms with van der Waals surface area (Å²) in [6, 6.07) is 11.8. The minimum Gasteiger partial charge on any atom is -0.334 e. The van der Waals surface area contributed by atoms with Crippen LogP contribution in [0.25, 0.3) is 5.70 Å². The van der Waals surface area contributed by atoms with E-state index in [0.29, 0.717) is 13.1 Å². The number of aryl methyl sites for hydroxylation is 1. The summed E-state index contributed by atoms with van der Waals surface area (Å²) >= 11 is 0. The highest BCUT2D eigenvalue weighted by Crippen LogP contribution is 2.27. The van der Waals surface area contributed by atoms with Gasteiger partial charge in [0.05, 0.1) is 12.2 Å². The van der Waals surface area contributed by atoms with E-state index in [1.54, 1.807) is 17.3 Å². The molecule has 1 aromatic carbocycles. The number of amides is 2. The molecule has 4 heteroatoms. The summed E-state index contributed by atoms with van der Waals surface area (Å²) in [6.45, 7) is 7.02. The average molecular weight is 305 g/mol. The molecule has 1 aromatic heterocycles. The zero-order valence-electron chi connectivity index (χ0n) is 13.1. The van der Waals surface area contributed by atoms with Crippen LogP contribution in [-0.4, -0.2) is 22.5 Å². The molecule has 1 aliphatic heterocycles. The molecule has 1 aliphatic rings. The maximum absolute atomic E-state index is 12.5. The van der Waals surface area contributed by atoms with E-state index < -0.39 is 0 Å². The molecule has 0 spiro atoms. The number of rotatable bonds is 3. The van der Waals surface area contributed by atoms with E-state index in [9.17, 15) is 4.79 Å². The first-order valence-corrected chi connectivity index (χ1v) is 7.54. The second-order valence-corrected chi connectivity index (χ2v) is 5.66. The number of hydrogen-bond acceptors (Lipinski definition) is 2. The minimum absolute atomic E-state index is 0.125. The molecule has 0 saturated carbocycles. The Bertz CT molecular complexity index is 765. The molecular weight excluding hydrogens is 286 g/mol. The van der Waals surface area contributed by atoms with Crippen molar-refractivity contribution in [3.63, 3.8) is 0 Å². The third-order valence-corrected chi connectivity index (χ3v) is 3.72. The van der Waals surface area contributed by atoms with Crippen molar-refractivity contribution in [2.24, 2.45) is 0 Å². The molecule has 0 aliphatic carbocycles. The van der Waals surface area contributed by atoms with Crippen LogP contribution in [0.15, 0.2) is 67.0 Å². The van der Waals surface area contributed by atoms with Gasteiger partial charge in [0.1, 0.15) is 0 Å². The van der Waals surface area contributed by atoms with Crippen molar-refractivity contribution in [2.45, 2.75) is 13.5 Å². The number of pyridine rings is 1. The van der Waals surface area contributed by atoms with Gasteiger partial charge in [-0.05, 0) is 36.3 Å². The molecule has 2 aromatic rings. The van der Waals surface area contributed by atoms with Crippen LogP contribution in [0, 0.1) is 6.92 Å². The van der Waals surface area contributed by atoms with Crippen molar-refractivity contribution < 1.29 is 4.79 Å². The number of carbonyl (C=O) groups excluding carboxylic acids is 1. The summed E-state index contributed by atoms with van der Waals surface area (Å²) in [4.78, 5) is 18.4. The van der Waals surface area contributed by atoms with Gasteiger partial charge in [-0.1, -0.05) is 36.4 Å². The Morgan fingerprint density at radius 2 is 2.22 bits per heavy atom. The third kappa shape index (κ3) is 3.48. The van der Waals surface area contributed by atoms with E-state index in [1.807, 2.05) is 43.3 Å². The Labute approximate surface area is 136 Å². The third-order valence-electron chi connectivity index (χ3n) is 3.72. The predicted molar refractivity (Wildman–Crippen MR) is 91.5 cm³/mol. The molecule has 0 bridgehead atoms. The van der Waals surface area contributed by atoms with Crippen molar-refractivity contribution >= 4 is 11.7 Å². The Morgan fingerprint density at radius 3 is 2.96 bits per heavy atom. The fourth-order valence-corrected chi connectivity index (χ4v) is 2.64. The van der Waals surface area contributed by atoms with Gasteiger partial charge in [-0.2, -0.15) is 0 Å². The highest BCUT2D eigenvalue weighted by Gasteiger charge is 2.24. The molecule has 2 amide bonds. The standard InChI is InChI=1S/C19H19N3O/c1-14-5-3-6-16(9-14)11-21-19(23)22-13-15(2)10-18(22)17-7-4-8-20-12-17/h3-10,12H,2,11,13H2,1H3,(H,21,23). The summed E-state index contributed by atoms with van der Waals surface area (Å²) in [5, 5.41) is 2.97. The van der Waals surface area contributed by atoms with Crippen molar-refractivity contribution in [1.82, 2.24) is 15.2 Å². The molecule has 0 radical (unpaired) electrons. The lowest BCUT2D eigenvalue weighted by Gasteiger charge is -2.21. The van der Waals surface area contributed by atoms with Gasteiger partial charge in [0, 0.05) is 24.5 Å². The number of nitrogens with one attached hydrogen (secondary N) is 1. The maximum atomic E-state index is 12.5.